The number of hydrogen-bond acceptors (Lipinski definition) is 4. The first-order valence-corrected chi connectivity index (χ1v) is 8.43. The Kier molecular flexibility index (Phi) is 4.84. The largest absolute Gasteiger partial charge is 0.492 e. The third-order valence-corrected chi connectivity index (χ3v) is 5.16. The van der Waals surface area contributed by atoms with E-state index >= 15 is 0 Å². The van der Waals surface area contributed by atoms with Crippen molar-refractivity contribution >= 4 is 21.6 Å². The van der Waals surface area contributed by atoms with Crippen LogP contribution in [0.25, 0.3) is 0 Å². The van der Waals surface area contributed by atoms with Gasteiger partial charge < -0.3 is 10.1 Å². The van der Waals surface area contributed by atoms with Gasteiger partial charge in [0.2, 0.25) is 15.9 Å². The van der Waals surface area contributed by atoms with Gasteiger partial charge in [-0.15, -0.1) is 0 Å². The predicted molar refractivity (Wildman–Crippen MR) is 79.9 cm³/mol. The molecular weight excluding hydrogens is 292 g/mol. The Balaban J connectivity index is 2.38. The molecule has 1 fully saturated rings. The van der Waals surface area contributed by atoms with Crippen LogP contribution in [0, 0.1) is 0 Å². The molecule has 1 amide bonds. The normalized spacial score (nSPS) is 15.9. The van der Waals surface area contributed by atoms with Crippen molar-refractivity contribution < 1.29 is 17.9 Å². The highest BCUT2D eigenvalue weighted by Crippen LogP contribution is 2.30. The third kappa shape index (κ3) is 3.54. The molecule has 0 radical (unpaired) electrons. The van der Waals surface area contributed by atoms with Crippen LogP contribution in [0.15, 0.2) is 23.1 Å². The lowest BCUT2D eigenvalue weighted by Crippen LogP contribution is -2.28. The molecule has 0 saturated carbocycles. The minimum absolute atomic E-state index is 0.177. The van der Waals surface area contributed by atoms with Crippen molar-refractivity contribution in [3.8, 4) is 5.75 Å². The third-order valence-electron chi connectivity index (χ3n) is 3.26. The molecule has 116 valence electrons. The molecule has 0 aromatic heterocycles. The fraction of sp³-hybridized carbons (Fsp3) is 0.500. The van der Waals surface area contributed by atoms with E-state index in [-0.39, 0.29) is 10.8 Å². The van der Waals surface area contributed by atoms with Gasteiger partial charge in [-0.25, -0.2) is 8.42 Å². The smallest absolute Gasteiger partial charge is 0.243 e. The summed E-state index contributed by atoms with van der Waals surface area (Å²) in [6.07, 6.45) is 1.77. The van der Waals surface area contributed by atoms with Crippen LogP contribution in [0.2, 0.25) is 0 Å². The van der Waals surface area contributed by atoms with E-state index < -0.39 is 10.0 Å². The molecule has 1 heterocycles. The summed E-state index contributed by atoms with van der Waals surface area (Å²) in [6.45, 7) is 4.73. The van der Waals surface area contributed by atoms with E-state index in [0.29, 0.717) is 31.1 Å². The van der Waals surface area contributed by atoms with Gasteiger partial charge in [0, 0.05) is 20.0 Å². The summed E-state index contributed by atoms with van der Waals surface area (Å²) >= 11 is 0. The highest BCUT2D eigenvalue weighted by molar-refractivity contribution is 7.89. The zero-order valence-corrected chi connectivity index (χ0v) is 13.1. The molecule has 1 aliphatic rings. The summed E-state index contributed by atoms with van der Waals surface area (Å²) < 4.78 is 31.9. The highest BCUT2D eigenvalue weighted by atomic mass is 32.2. The summed E-state index contributed by atoms with van der Waals surface area (Å²) in [5, 5.41) is 2.61. The average molecular weight is 312 g/mol. The number of nitrogens with zero attached hydrogens (tertiary/aromatic N) is 1. The van der Waals surface area contributed by atoms with Crippen molar-refractivity contribution in [2.75, 3.05) is 25.0 Å². The number of rotatable bonds is 5. The Morgan fingerprint density at radius 3 is 2.57 bits per heavy atom. The van der Waals surface area contributed by atoms with Gasteiger partial charge in [-0.1, -0.05) is 0 Å². The highest BCUT2D eigenvalue weighted by Gasteiger charge is 2.27. The Labute approximate surface area is 125 Å². The Morgan fingerprint density at radius 2 is 2.00 bits per heavy atom. The molecule has 7 heteroatoms. The van der Waals surface area contributed by atoms with Gasteiger partial charge in [-0.3, -0.25) is 4.79 Å². The molecule has 1 aliphatic heterocycles. The van der Waals surface area contributed by atoms with Gasteiger partial charge in [-0.2, -0.15) is 4.31 Å². The lowest BCUT2D eigenvalue weighted by Gasteiger charge is -2.17. The van der Waals surface area contributed by atoms with Gasteiger partial charge in [0.05, 0.1) is 17.2 Å². The first-order chi connectivity index (χ1) is 9.95. The van der Waals surface area contributed by atoms with E-state index in [4.69, 9.17) is 4.74 Å². The maximum atomic E-state index is 12.5. The second-order valence-electron chi connectivity index (χ2n) is 4.88. The zero-order chi connectivity index (χ0) is 15.5. The summed E-state index contributed by atoms with van der Waals surface area (Å²) in [6, 6.07) is 4.56. The minimum atomic E-state index is -3.50. The molecule has 0 atom stereocenters. The second kappa shape index (κ2) is 6.44. The van der Waals surface area contributed by atoms with E-state index in [0.717, 1.165) is 12.8 Å². The molecule has 1 N–H and O–H groups in total. The fourth-order valence-corrected chi connectivity index (χ4v) is 3.86. The number of sulfonamides is 1. The zero-order valence-electron chi connectivity index (χ0n) is 12.3. The molecule has 2 rings (SSSR count). The van der Waals surface area contributed by atoms with Crippen LogP contribution in [-0.4, -0.2) is 38.3 Å². The predicted octanol–water partition coefficient (Wildman–Crippen LogP) is 1.83. The molecule has 21 heavy (non-hydrogen) atoms. The van der Waals surface area contributed by atoms with Crippen molar-refractivity contribution in [3.05, 3.63) is 18.2 Å². The first kappa shape index (κ1) is 15.8. The first-order valence-electron chi connectivity index (χ1n) is 6.99. The molecule has 0 spiro atoms. The minimum Gasteiger partial charge on any atom is -0.492 e. The van der Waals surface area contributed by atoms with Gasteiger partial charge >= 0.3 is 0 Å². The van der Waals surface area contributed by atoms with Crippen molar-refractivity contribution in [1.82, 2.24) is 4.31 Å². The molecule has 0 aliphatic carbocycles. The fourth-order valence-electron chi connectivity index (χ4n) is 2.32. The number of ether oxygens (including phenoxy) is 1. The molecule has 1 saturated heterocycles. The summed E-state index contributed by atoms with van der Waals surface area (Å²) in [5.74, 6) is 0.194. The van der Waals surface area contributed by atoms with E-state index in [9.17, 15) is 13.2 Å². The van der Waals surface area contributed by atoms with Gasteiger partial charge in [0.25, 0.3) is 0 Å². The van der Waals surface area contributed by atoms with E-state index in [1.165, 1.54) is 23.4 Å². The van der Waals surface area contributed by atoms with Crippen LogP contribution in [0.1, 0.15) is 26.7 Å². The second-order valence-corrected chi connectivity index (χ2v) is 6.82. The molecule has 0 bridgehead atoms. The van der Waals surface area contributed by atoms with Crippen LogP contribution < -0.4 is 10.1 Å². The maximum absolute atomic E-state index is 12.5. The number of carbonyl (C=O) groups excluding carboxylic acids is 1. The van der Waals surface area contributed by atoms with Gasteiger partial charge in [-0.05, 0) is 38.0 Å². The number of carbonyl (C=O) groups is 1. The van der Waals surface area contributed by atoms with Crippen molar-refractivity contribution in [2.24, 2.45) is 0 Å². The van der Waals surface area contributed by atoms with Crippen molar-refractivity contribution in [2.45, 2.75) is 31.6 Å². The summed E-state index contributed by atoms with van der Waals surface area (Å²) in [7, 11) is -3.50. The SMILES string of the molecule is CCOc1ccc(S(=O)(=O)N2CCCC2)cc1NC(C)=O. The maximum Gasteiger partial charge on any atom is 0.243 e. The number of nitrogens with one attached hydrogen (secondary N) is 1. The standard InChI is InChI=1S/C14H20N2O4S/c1-3-20-14-7-6-12(10-13(14)15-11(2)17)21(18,19)16-8-4-5-9-16/h6-7,10H,3-5,8-9H2,1-2H3,(H,15,17). The lowest BCUT2D eigenvalue weighted by molar-refractivity contribution is -0.114. The van der Waals surface area contributed by atoms with Crippen molar-refractivity contribution in [1.29, 1.82) is 0 Å². The van der Waals surface area contributed by atoms with Crippen molar-refractivity contribution in [3.63, 3.8) is 0 Å². The monoisotopic (exact) mass is 312 g/mol. The molecule has 1 aromatic carbocycles. The van der Waals surface area contributed by atoms with Crippen LogP contribution >= 0.6 is 0 Å². The topological polar surface area (TPSA) is 75.7 Å². The van der Waals surface area contributed by atoms with Crippen LogP contribution in [0.5, 0.6) is 5.75 Å². The average Bonchev–Trinajstić information content (AvgIpc) is 2.95. The number of anilines is 1. The van der Waals surface area contributed by atoms with Crippen LogP contribution in [0.3, 0.4) is 0 Å². The van der Waals surface area contributed by atoms with Gasteiger partial charge in [0.15, 0.2) is 0 Å². The van der Waals surface area contributed by atoms with Crippen LogP contribution in [-0.2, 0) is 14.8 Å². The van der Waals surface area contributed by atoms with E-state index in [2.05, 4.69) is 5.32 Å². The van der Waals surface area contributed by atoms with Crippen LogP contribution in [0.4, 0.5) is 5.69 Å². The molecule has 1 aromatic rings. The number of benzene rings is 1. The molecular formula is C14H20N2O4S. The molecule has 0 unspecified atom stereocenters. The Bertz CT molecular complexity index is 622. The van der Waals surface area contributed by atoms with E-state index in [1.807, 2.05) is 6.92 Å². The number of amides is 1. The Morgan fingerprint density at radius 1 is 1.33 bits per heavy atom. The Hall–Kier alpha value is -1.60. The summed E-state index contributed by atoms with van der Waals surface area (Å²) in [5.41, 5.74) is 0.379. The quantitative estimate of drug-likeness (QED) is 0.900. The van der Waals surface area contributed by atoms with Gasteiger partial charge in [0.1, 0.15) is 5.75 Å². The lowest BCUT2D eigenvalue weighted by atomic mass is 10.3. The van der Waals surface area contributed by atoms with E-state index in [1.54, 1.807) is 6.07 Å². The summed E-state index contributed by atoms with van der Waals surface area (Å²) in [4.78, 5) is 11.4. The number of hydrogen-bond donors (Lipinski definition) is 1. The molecule has 6 nitrogen and oxygen atoms in total.